The van der Waals surface area contributed by atoms with Gasteiger partial charge < -0.3 is 4.98 Å². The van der Waals surface area contributed by atoms with Crippen LogP contribution in [0.1, 0.15) is 0 Å². The van der Waals surface area contributed by atoms with Crippen LogP contribution in [0.25, 0.3) is 10.6 Å². The minimum Gasteiger partial charge on any atom is -0.329 e. The standard InChI is InChI=1S/C7H4BrN3OS/c8-7-11-10-6(13-7)4-1-2-9-5(12)3-4/h1-3H,(H,9,12). The summed E-state index contributed by atoms with van der Waals surface area (Å²) >= 11 is 4.60. The first-order chi connectivity index (χ1) is 6.25. The zero-order valence-corrected chi connectivity index (χ0v) is 8.72. The van der Waals surface area contributed by atoms with Crippen LogP contribution in [0, 0.1) is 0 Å². The summed E-state index contributed by atoms with van der Waals surface area (Å²) in [7, 11) is 0. The monoisotopic (exact) mass is 257 g/mol. The smallest absolute Gasteiger partial charge is 0.248 e. The van der Waals surface area contributed by atoms with Gasteiger partial charge in [0.05, 0.1) is 0 Å². The number of hydrogen-bond acceptors (Lipinski definition) is 4. The molecule has 0 aromatic carbocycles. The van der Waals surface area contributed by atoms with E-state index in [0.29, 0.717) is 3.92 Å². The summed E-state index contributed by atoms with van der Waals surface area (Å²) in [6.07, 6.45) is 1.59. The third kappa shape index (κ3) is 1.84. The van der Waals surface area contributed by atoms with Gasteiger partial charge in [-0.3, -0.25) is 4.79 Å². The fourth-order valence-corrected chi connectivity index (χ4v) is 2.01. The van der Waals surface area contributed by atoms with Crippen molar-refractivity contribution >= 4 is 27.3 Å². The number of rotatable bonds is 1. The lowest BCUT2D eigenvalue weighted by atomic mass is 10.3. The molecule has 66 valence electrons. The van der Waals surface area contributed by atoms with E-state index in [0.717, 1.165) is 10.6 Å². The first-order valence-electron chi connectivity index (χ1n) is 3.44. The van der Waals surface area contributed by atoms with Crippen molar-refractivity contribution < 1.29 is 0 Å². The summed E-state index contributed by atoms with van der Waals surface area (Å²) in [5.41, 5.74) is 0.649. The van der Waals surface area contributed by atoms with Gasteiger partial charge in [0.25, 0.3) is 0 Å². The van der Waals surface area contributed by atoms with Crippen LogP contribution in [0.15, 0.2) is 27.0 Å². The molecule has 2 heterocycles. The molecular formula is C7H4BrN3OS. The van der Waals surface area contributed by atoms with Crippen LogP contribution >= 0.6 is 27.3 Å². The van der Waals surface area contributed by atoms with E-state index in [1.807, 2.05) is 0 Å². The van der Waals surface area contributed by atoms with Gasteiger partial charge in [0, 0.05) is 17.8 Å². The molecule has 0 saturated heterocycles. The van der Waals surface area contributed by atoms with E-state index < -0.39 is 0 Å². The van der Waals surface area contributed by atoms with Gasteiger partial charge in [-0.05, 0) is 22.0 Å². The van der Waals surface area contributed by atoms with Crippen molar-refractivity contribution in [2.24, 2.45) is 0 Å². The minimum atomic E-state index is -0.135. The number of hydrogen-bond donors (Lipinski definition) is 1. The largest absolute Gasteiger partial charge is 0.329 e. The summed E-state index contributed by atoms with van der Waals surface area (Å²) in [5.74, 6) is 0. The first kappa shape index (κ1) is 8.58. The van der Waals surface area contributed by atoms with Crippen molar-refractivity contribution in [2.45, 2.75) is 0 Å². The highest BCUT2D eigenvalue weighted by Gasteiger charge is 2.04. The normalized spacial score (nSPS) is 10.2. The lowest BCUT2D eigenvalue weighted by Crippen LogP contribution is -2.01. The topological polar surface area (TPSA) is 58.6 Å². The quantitative estimate of drug-likeness (QED) is 0.846. The molecule has 0 unspecified atom stereocenters. The molecule has 0 spiro atoms. The molecule has 4 nitrogen and oxygen atoms in total. The van der Waals surface area contributed by atoms with E-state index in [2.05, 4.69) is 31.1 Å². The van der Waals surface area contributed by atoms with Crippen molar-refractivity contribution in [1.29, 1.82) is 0 Å². The van der Waals surface area contributed by atoms with E-state index in [-0.39, 0.29) is 5.56 Å². The second kappa shape index (κ2) is 3.39. The number of nitrogens with one attached hydrogen (secondary N) is 1. The van der Waals surface area contributed by atoms with E-state index >= 15 is 0 Å². The average Bonchev–Trinajstić information content (AvgIpc) is 2.52. The first-order valence-corrected chi connectivity index (χ1v) is 5.05. The van der Waals surface area contributed by atoms with Gasteiger partial charge in [-0.25, -0.2) is 0 Å². The SMILES string of the molecule is O=c1cc(-c2nnc(Br)s2)cc[nH]1. The van der Waals surface area contributed by atoms with Crippen molar-refractivity contribution in [3.8, 4) is 10.6 Å². The Hall–Kier alpha value is -1.01. The molecular weight excluding hydrogens is 254 g/mol. The number of halogens is 1. The lowest BCUT2D eigenvalue weighted by molar-refractivity contribution is 1.07. The van der Waals surface area contributed by atoms with E-state index in [1.54, 1.807) is 12.3 Å². The van der Waals surface area contributed by atoms with Crippen LogP contribution in [-0.2, 0) is 0 Å². The Bertz CT molecular complexity index is 478. The van der Waals surface area contributed by atoms with E-state index in [9.17, 15) is 4.79 Å². The maximum Gasteiger partial charge on any atom is 0.248 e. The molecule has 2 rings (SSSR count). The number of H-pyrrole nitrogens is 1. The molecule has 2 aromatic heterocycles. The highest BCUT2D eigenvalue weighted by atomic mass is 79.9. The van der Waals surface area contributed by atoms with Crippen molar-refractivity contribution in [1.82, 2.24) is 15.2 Å². The maximum absolute atomic E-state index is 11.0. The Morgan fingerprint density at radius 3 is 2.92 bits per heavy atom. The number of nitrogens with zero attached hydrogens (tertiary/aromatic N) is 2. The molecule has 0 saturated carbocycles. The number of pyridine rings is 1. The van der Waals surface area contributed by atoms with Gasteiger partial charge in [-0.2, -0.15) is 0 Å². The summed E-state index contributed by atoms with van der Waals surface area (Å²) in [5, 5.41) is 8.43. The Labute approximate surface area is 85.8 Å². The molecule has 6 heteroatoms. The van der Waals surface area contributed by atoms with Crippen LogP contribution in [0.4, 0.5) is 0 Å². The molecule has 13 heavy (non-hydrogen) atoms. The highest BCUT2D eigenvalue weighted by Crippen LogP contribution is 2.24. The minimum absolute atomic E-state index is 0.135. The third-order valence-electron chi connectivity index (χ3n) is 1.42. The lowest BCUT2D eigenvalue weighted by Gasteiger charge is -1.90. The predicted molar refractivity (Wildman–Crippen MR) is 53.7 cm³/mol. The van der Waals surface area contributed by atoms with Crippen LogP contribution in [0.3, 0.4) is 0 Å². The van der Waals surface area contributed by atoms with Crippen LogP contribution in [-0.4, -0.2) is 15.2 Å². The maximum atomic E-state index is 11.0. The Morgan fingerprint density at radius 1 is 1.46 bits per heavy atom. The molecule has 0 bridgehead atoms. The predicted octanol–water partition coefficient (Wildman–Crippen LogP) is 1.66. The second-order valence-corrected chi connectivity index (χ2v) is 4.56. The summed E-state index contributed by atoms with van der Waals surface area (Å²) < 4.78 is 0.711. The highest BCUT2D eigenvalue weighted by molar-refractivity contribution is 9.11. The zero-order chi connectivity index (χ0) is 9.26. The molecule has 0 radical (unpaired) electrons. The molecule has 0 amide bonds. The van der Waals surface area contributed by atoms with Crippen molar-refractivity contribution in [3.63, 3.8) is 0 Å². The molecule has 0 atom stereocenters. The fraction of sp³-hybridized carbons (Fsp3) is 0. The summed E-state index contributed by atoms with van der Waals surface area (Å²) in [6, 6.07) is 3.28. The number of aromatic nitrogens is 3. The Morgan fingerprint density at radius 2 is 2.31 bits per heavy atom. The number of aromatic amines is 1. The van der Waals surface area contributed by atoms with Gasteiger partial charge in [0.15, 0.2) is 3.92 Å². The van der Waals surface area contributed by atoms with E-state index in [4.69, 9.17) is 0 Å². The van der Waals surface area contributed by atoms with Crippen LogP contribution in [0.5, 0.6) is 0 Å². The molecule has 0 aliphatic heterocycles. The van der Waals surface area contributed by atoms with Crippen molar-refractivity contribution in [2.75, 3.05) is 0 Å². The molecule has 1 N–H and O–H groups in total. The zero-order valence-electron chi connectivity index (χ0n) is 6.32. The Kier molecular flexibility index (Phi) is 2.24. The molecule has 2 aromatic rings. The van der Waals surface area contributed by atoms with Gasteiger partial charge in [0.2, 0.25) is 5.56 Å². The molecule has 0 aliphatic carbocycles. The Balaban J connectivity index is 2.52. The van der Waals surface area contributed by atoms with Gasteiger partial charge in [0.1, 0.15) is 5.01 Å². The summed E-state index contributed by atoms with van der Waals surface area (Å²) in [4.78, 5) is 13.5. The van der Waals surface area contributed by atoms with Crippen LogP contribution in [0.2, 0.25) is 0 Å². The van der Waals surface area contributed by atoms with E-state index in [1.165, 1.54) is 17.4 Å². The van der Waals surface area contributed by atoms with Gasteiger partial charge >= 0.3 is 0 Å². The van der Waals surface area contributed by atoms with Gasteiger partial charge in [-0.15, -0.1) is 10.2 Å². The average molecular weight is 258 g/mol. The van der Waals surface area contributed by atoms with Gasteiger partial charge in [-0.1, -0.05) is 11.3 Å². The van der Waals surface area contributed by atoms with Crippen LogP contribution < -0.4 is 5.56 Å². The fourth-order valence-electron chi connectivity index (χ4n) is 0.900. The second-order valence-electron chi connectivity index (χ2n) is 2.30. The molecule has 0 fully saturated rings. The summed E-state index contributed by atoms with van der Waals surface area (Å²) in [6.45, 7) is 0. The molecule has 0 aliphatic rings. The van der Waals surface area contributed by atoms with Crippen molar-refractivity contribution in [3.05, 3.63) is 32.6 Å². The third-order valence-corrected chi connectivity index (χ3v) is 2.83.